The van der Waals surface area contributed by atoms with Crippen molar-refractivity contribution in [1.82, 2.24) is 4.90 Å². The van der Waals surface area contributed by atoms with E-state index in [0.29, 0.717) is 13.1 Å². The van der Waals surface area contributed by atoms with Crippen LogP contribution in [0.1, 0.15) is 19.3 Å². The van der Waals surface area contributed by atoms with E-state index in [9.17, 15) is 13.2 Å². The number of aliphatic hydroxyl groups excluding tert-OH is 1. The first kappa shape index (κ1) is 13.4. The average Bonchev–Trinajstić information content (AvgIpc) is 2.25. The summed E-state index contributed by atoms with van der Waals surface area (Å²) < 4.78 is 21.9. The quantitative estimate of drug-likeness (QED) is 0.739. The van der Waals surface area contributed by atoms with Crippen LogP contribution in [-0.2, 0) is 14.6 Å². The van der Waals surface area contributed by atoms with E-state index >= 15 is 0 Å². The molecule has 0 spiro atoms. The highest BCUT2D eigenvalue weighted by atomic mass is 32.2. The molecule has 16 heavy (non-hydrogen) atoms. The van der Waals surface area contributed by atoms with E-state index < -0.39 is 9.84 Å². The molecule has 6 heteroatoms. The van der Waals surface area contributed by atoms with E-state index in [1.54, 1.807) is 4.90 Å². The van der Waals surface area contributed by atoms with Crippen LogP contribution in [0.25, 0.3) is 0 Å². The van der Waals surface area contributed by atoms with Crippen molar-refractivity contribution < 1.29 is 18.3 Å². The third-order valence-electron chi connectivity index (χ3n) is 2.82. The van der Waals surface area contributed by atoms with E-state index in [0.717, 1.165) is 19.1 Å². The lowest BCUT2D eigenvalue weighted by molar-refractivity contribution is -0.132. The number of carbonyl (C=O) groups is 1. The van der Waals surface area contributed by atoms with Gasteiger partial charge in [0.2, 0.25) is 5.91 Å². The first-order valence-electron chi connectivity index (χ1n) is 5.48. The van der Waals surface area contributed by atoms with Crippen LogP contribution in [0.5, 0.6) is 0 Å². The summed E-state index contributed by atoms with van der Waals surface area (Å²) in [4.78, 5) is 13.3. The molecule has 1 unspecified atom stereocenters. The number of amides is 1. The highest BCUT2D eigenvalue weighted by molar-refractivity contribution is 7.90. The number of aliphatic hydroxyl groups is 1. The molecule has 1 atom stereocenters. The maximum Gasteiger partial charge on any atom is 0.223 e. The molecule has 0 saturated carbocycles. The fourth-order valence-corrected chi connectivity index (χ4v) is 2.42. The van der Waals surface area contributed by atoms with Crippen LogP contribution < -0.4 is 0 Å². The Kier molecular flexibility index (Phi) is 4.73. The lowest BCUT2D eigenvalue weighted by Crippen LogP contribution is -2.41. The maximum atomic E-state index is 11.7. The van der Waals surface area contributed by atoms with Gasteiger partial charge >= 0.3 is 0 Å². The van der Waals surface area contributed by atoms with Crippen LogP contribution in [-0.4, -0.2) is 56.0 Å². The molecule has 0 bridgehead atoms. The Morgan fingerprint density at radius 3 is 2.75 bits per heavy atom. The Labute approximate surface area is 96.4 Å². The topological polar surface area (TPSA) is 74.7 Å². The molecule has 94 valence electrons. The second kappa shape index (κ2) is 5.63. The first-order valence-corrected chi connectivity index (χ1v) is 7.55. The van der Waals surface area contributed by atoms with Gasteiger partial charge < -0.3 is 10.0 Å². The number of likely N-dealkylation sites (tertiary alicyclic amines) is 1. The van der Waals surface area contributed by atoms with Crippen molar-refractivity contribution in [3.8, 4) is 0 Å². The van der Waals surface area contributed by atoms with Crippen LogP contribution in [0.3, 0.4) is 0 Å². The minimum Gasteiger partial charge on any atom is -0.396 e. The molecule has 1 rings (SSSR count). The predicted octanol–water partition coefficient (Wildman–Crippen LogP) is -0.348. The van der Waals surface area contributed by atoms with Crippen LogP contribution in [0, 0.1) is 5.92 Å². The van der Waals surface area contributed by atoms with Gasteiger partial charge in [-0.3, -0.25) is 4.79 Å². The van der Waals surface area contributed by atoms with Crippen molar-refractivity contribution in [2.45, 2.75) is 19.3 Å². The van der Waals surface area contributed by atoms with Gasteiger partial charge in [0, 0.05) is 32.4 Å². The molecule has 0 aromatic carbocycles. The zero-order chi connectivity index (χ0) is 12.2. The van der Waals surface area contributed by atoms with E-state index in [-0.39, 0.29) is 30.6 Å². The van der Waals surface area contributed by atoms with E-state index in [1.165, 1.54) is 0 Å². The van der Waals surface area contributed by atoms with Crippen molar-refractivity contribution in [3.05, 3.63) is 0 Å². The summed E-state index contributed by atoms with van der Waals surface area (Å²) >= 11 is 0. The highest BCUT2D eigenvalue weighted by Crippen LogP contribution is 2.16. The number of sulfone groups is 1. The van der Waals surface area contributed by atoms with Crippen LogP contribution in [0.4, 0.5) is 0 Å². The molecule has 1 saturated heterocycles. The smallest absolute Gasteiger partial charge is 0.223 e. The number of piperidine rings is 1. The lowest BCUT2D eigenvalue weighted by atomic mass is 9.99. The van der Waals surface area contributed by atoms with Gasteiger partial charge in [0.15, 0.2) is 0 Å². The number of carbonyl (C=O) groups excluding carboxylic acids is 1. The summed E-state index contributed by atoms with van der Waals surface area (Å²) in [6.45, 7) is 1.33. The van der Waals surface area contributed by atoms with Crippen molar-refractivity contribution in [3.63, 3.8) is 0 Å². The summed E-state index contributed by atoms with van der Waals surface area (Å²) in [5.41, 5.74) is 0. The summed E-state index contributed by atoms with van der Waals surface area (Å²) in [5, 5.41) is 9.02. The minimum absolute atomic E-state index is 0.0526. The average molecular weight is 249 g/mol. The molecule has 0 aromatic rings. The standard InChI is InChI=1S/C10H19NO4S/c1-16(14,15)6-4-10(13)11-5-2-3-9(7-11)8-12/h9,12H,2-8H2,1H3. The summed E-state index contributed by atoms with van der Waals surface area (Å²) in [6.07, 6.45) is 3.01. The normalized spacial score (nSPS) is 22.1. The van der Waals surface area contributed by atoms with Gasteiger partial charge in [0.25, 0.3) is 0 Å². The second-order valence-electron chi connectivity index (χ2n) is 4.41. The van der Waals surface area contributed by atoms with Gasteiger partial charge in [0.05, 0.1) is 5.75 Å². The van der Waals surface area contributed by atoms with Gasteiger partial charge in [-0.05, 0) is 18.8 Å². The number of hydrogen-bond donors (Lipinski definition) is 1. The molecule has 0 radical (unpaired) electrons. The van der Waals surface area contributed by atoms with Crippen molar-refractivity contribution in [1.29, 1.82) is 0 Å². The molecular weight excluding hydrogens is 230 g/mol. The minimum atomic E-state index is -3.07. The Morgan fingerprint density at radius 2 is 2.19 bits per heavy atom. The van der Waals surface area contributed by atoms with E-state index in [4.69, 9.17) is 5.11 Å². The Morgan fingerprint density at radius 1 is 1.50 bits per heavy atom. The Balaban J connectivity index is 2.41. The number of hydrogen-bond acceptors (Lipinski definition) is 4. The fourth-order valence-electron chi connectivity index (χ4n) is 1.87. The zero-order valence-corrected chi connectivity index (χ0v) is 10.4. The van der Waals surface area contributed by atoms with Gasteiger partial charge in [-0.1, -0.05) is 0 Å². The Bertz CT molecular complexity index is 339. The summed E-state index contributed by atoms with van der Waals surface area (Å²) in [7, 11) is -3.07. The first-order chi connectivity index (χ1) is 7.42. The van der Waals surface area contributed by atoms with E-state index in [1.807, 2.05) is 0 Å². The summed E-state index contributed by atoms with van der Waals surface area (Å²) in [5.74, 6) is -0.0638. The molecule has 1 aliphatic rings. The molecule has 1 heterocycles. The predicted molar refractivity (Wildman–Crippen MR) is 60.7 cm³/mol. The monoisotopic (exact) mass is 249 g/mol. The van der Waals surface area contributed by atoms with Gasteiger partial charge in [-0.2, -0.15) is 0 Å². The zero-order valence-electron chi connectivity index (χ0n) is 9.55. The maximum absolute atomic E-state index is 11.7. The second-order valence-corrected chi connectivity index (χ2v) is 6.67. The number of nitrogens with zero attached hydrogens (tertiary/aromatic N) is 1. The van der Waals surface area contributed by atoms with Crippen molar-refractivity contribution >= 4 is 15.7 Å². The third-order valence-corrected chi connectivity index (χ3v) is 3.76. The lowest BCUT2D eigenvalue weighted by Gasteiger charge is -2.31. The molecule has 0 aromatic heterocycles. The largest absolute Gasteiger partial charge is 0.396 e. The van der Waals surface area contributed by atoms with Crippen LogP contribution >= 0.6 is 0 Å². The van der Waals surface area contributed by atoms with Crippen LogP contribution in [0.2, 0.25) is 0 Å². The molecule has 0 aliphatic carbocycles. The summed E-state index contributed by atoms with van der Waals surface area (Å²) in [6, 6.07) is 0. The SMILES string of the molecule is CS(=O)(=O)CCC(=O)N1CCCC(CO)C1. The van der Waals surface area contributed by atoms with Gasteiger partial charge in [0.1, 0.15) is 9.84 Å². The molecule has 5 nitrogen and oxygen atoms in total. The molecule has 1 aliphatic heterocycles. The van der Waals surface area contributed by atoms with Crippen LogP contribution in [0.15, 0.2) is 0 Å². The van der Waals surface area contributed by atoms with Crippen molar-refractivity contribution in [2.24, 2.45) is 5.92 Å². The van der Waals surface area contributed by atoms with Crippen molar-refractivity contribution in [2.75, 3.05) is 31.7 Å². The van der Waals surface area contributed by atoms with Gasteiger partial charge in [-0.25, -0.2) is 8.42 Å². The van der Waals surface area contributed by atoms with Gasteiger partial charge in [-0.15, -0.1) is 0 Å². The molecule has 1 fully saturated rings. The molecule has 1 amide bonds. The highest BCUT2D eigenvalue weighted by Gasteiger charge is 2.23. The van der Waals surface area contributed by atoms with E-state index in [2.05, 4.69) is 0 Å². The molecule has 1 N–H and O–H groups in total. The third kappa shape index (κ3) is 4.49. The Hall–Kier alpha value is -0.620. The fraction of sp³-hybridized carbons (Fsp3) is 0.900. The number of rotatable bonds is 4. The molecular formula is C10H19NO4S.